The second kappa shape index (κ2) is 6.23. The van der Waals surface area contributed by atoms with Crippen molar-refractivity contribution in [1.29, 1.82) is 0 Å². The monoisotopic (exact) mass is 334 g/mol. The summed E-state index contributed by atoms with van der Waals surface area (Å²) in [4.78, 5) is 26.3. The molecule has 5 rings (SSSR count). The average molecular weight is 334 g/mol. The summed E-state index contributed by atoms with van der Waals surface area (Å²) in [6, 6.07) is 0. The molecule has 4 aliphatic carbocycles. The first-order chi connectivity index (χ1) is 11.6. The molecule has 1 N–H and O–H groups in total. The minimum absolute atomic E-state index is 0.0402. The van der Waals surface area contributed by atoms with Crippen molar-refractivity contribution >= 4 is 12.0 Å². The lowest BCUT2D eigenvalue weighted by atomic mass is 9.49. The average Bonchev–Trinajstić information content (AvgIpc) is 2.58. The van der Waals surface area contributed by atoms with E-state index in [0.29, 0.717) is 11.8 Å². The molecule has 5 aliphatic rings. The molecule has 0 spiro atoms. The van der Waals surface area contributed by atoms with Crippen LogP contribution in [-0.2, 0) is 9.53 Å². The van der Waals surface area contributed by atoms with Crippen LogP contribution >= 0.6 is 0 Å². The third-order valence-electron chi connectivity index (χ3n) is 7.12. The summed E-state index contributed by atoms with van der Waals surface area (Å²) in [5, 5.41) is 3.29. The van der Waals surface area contributed by atoms with E-state index in [9.17, 15) is 9.59 Å². The number of hydrogen-bond acceptors (Lipinski definition) is 3. The van der Waals surface area contributed by atoms with Crippen LogP contribution in [0.25, 0.3) is 0 Å². The molecule has 5 nitrogen and oxygen atoms in total. The van der Waals surface area contributed by atoms with Crippen molar-refractivity contribution in [1.82, 2.24) is 10.2 Å². The van der Waals surface area contributed by atoms with Crippen molar-refractivity contribution < 1.29 is 14.3 Å². The van der Waals surface area contributed by atoms with E-state index in [1.54, 1.807) is 4.90 Å². The zero-order valence-electron chi connectivity index (χ0n) is 14.8. The van der Waals surface area contributed by atoms with E-state index in [-0.39, 0.29) is 11.5 Å². The second-order valence-electron chi connectivity index (χ2n) is 8.81. The molecule has 1 saturated heterocycles. The predicted octanol–water partition coefficient (Wildman–Crippen LogP) is 2.80. The van der Waals surface area contributed by atoms with Crippen molar-refractivity contribution in [3.8, 4) is 0 Å². The number of nitrogens with zero attached hydrogens (tertiary/aromatic N) is 1. The van der Waals surface area contributed by atoms with Gasteiger partial charge < -0.3 is 15.0 Å². The summed E-state index contributed by atoms with van der Waals surface area (Å²) >= 11 is 0. The zero-order valence-corrected chi connectivity index (χ0v) is 14.8. The number of amides is 2. The number of hydrogen-bond donors (Lipinski definition) is 1. The number of piperidine rings is 1. The largest absolute Gasteiger partial charge is 0.453 e. The Morgan fingerprint density at radius 3 is 2.08 bits per heavy atom. The summed E-state index contributed by atoms with van der Waals surface area (Å²) in [7, 11) is 1.43. The Labute approximate surface area is 144 Å². The SMILES string of the molecule is COC(=O)N1CCC(CNC(=O)C23CC4CC(CC(C4)C2)C3)CC1. The van der Waals surface area contributed by atoms with Crippen LogP contribution in [-0.4, -0.2) is 43.6 Å². The van der Waals surface area contributed by atoms with Gasteiger partial charge in [0.05, 0.1) is 7.11 Å². The number of carbonyl (C=O) groups is 2. The standard InChI is InChI=1S/C19H30N2O3/c1-24-18(23)21-4-2-13(3-5-21)12-20-17(22)19-9-14-6-15(10-19)8-16(7-14)11-19/h13-16H,2-12H2,1H3,(H,20,22). The predicted molar refractivity (Wildman–Crippen MR) is 90.3 cm³/mol. The number of ether oxygens (including phenoxy) is 1. The Morgan fingerprint density at radius 2 is 1.58 bits per heavy atom. The molecule has 5 fully saturated rings. The highest BCUT2D eigenvalue weighted by atomic mass is 16.5. The summed E-state index contributed by atoms with van der Waals surface area (Å²) in [6.07, 6.45) is 9.19. The minimum atomic E-state index is -0.231. The molecule has 0 unspecified atom stereocenters. The third kappa shape index (κ3) is 2.91. The molecule has 0 aromatic carbocycles. The lowest BCUT2D eigenvalue weighted by Crippen LogP contribution is -2.54. The highest BCUT2D eigenvalue weighted by Gasteiger charge is 2.54. The molecule has 4 bridgehead atoms. The van der Waals surface area contributed by atoms with Gasteiger partial charge in [0.15, 0.2) is 0 Å². The van der Waals surface area contributed by atoms with Crippen LogP contribution in [0.5, 0.6) is 0 Å². The molecule has 5 heteroatoms. The zero-order chi connectivity index (χ0) is 16.7. The fourth-order valence-electron chi connectivity index (χ4n) is 6.26. The van der Waals surface area contributed by atoms with Gasteiger partial charge in [-0.1, -0.05) is 0 Å². The number of nitrogens with one attached hydrogen (secondary N) is 1. The second-order valence-corrected chi connectivity index (χ2v) is 8.81. The third-order valence-corrected chi connectivity index (χ3v) is 7.12. The maximum absolute atomic E-state index is 13.0. The van der Waals surface area contributed by atoms with Crippen molar-refractivity contribution in [2.24, 2.45) is 29.1 Å². The van der Waals surface area contributed by atoms with Gasteiger partial charge >= 0.3 is 6.09 Å². The van der Waals surface area contributed by atoms with Crippen molar-refractivity contribution in [3.05, 3.63) is 0 Å². The first kappa shape index (κ1) is 16.2. The summed E-state index contributed by atoms with van der Waals surface area (Å²) in [5.74, 6) is 3.25. The van der Waals surface area contributed by atoms with Crippen molar-refractivity contribution in [2.75, 3.05) is 26.7 Å². The Balaban J connectivity index is 1.28. The topological polar surface area (TPSA) is 58.6 Å². The highest BCUT2D eigenvalue weighted by Crippen LogP contribution is 2.60. The summed E-state index contributed by atoms with van der Waals surface area (Å²) in [5.41, 5.74) is -0.0402. The Kier molecular flexibility index (Phi) is 4.21. The van der Waals surface area contributed by atoms with Crippen LogP contribution < -0.4 is 5.32 Å². The van der Waals surface area contributed by atoms with Gasteiger partial charge in [-0.05, 0) is 75.0 Å². The molecule has 1 aliphatic heterocycles. The van der Waals surface area contributed by atoms with Crippen LogP contribution in [0.1, 0.15) is 51.4 Å². The first-order valence-corrected chi connectivity index (χ1v) is 9.69. The Hall–Kier alpha value is -1.26. The van der Waals surface area contributed by atoms with Crippen LogP contribution in [0.15, 0.2) is 0 Å². The molecule has 2 amide bonds. The number of rotatable bonds is 3. The number of methoxy groups -OCH3 is 1. The molecule has 0 radical (unpaired) electrons. The van der Waals surface area contributed by atoms with E-state index in [4.69, 9.17) is 4.74 Å². The quantitative estimate of drug-likeness (QED) is 0.863. The summed E-state index contributed by atoms with van der Waals surface area (Å²) < 4.78 is 4.78. The van der Waals surface area contributed by atoms with E-state index >= 15 is 0 Å². The van der Waals surface area contributed by atoms with Gasteiger partial charge in [-0.25, -0.2) is 4.79 Å². The van der Waals surface area contributed by atoms with Gasteiger partial charge in [0.2, 0.25) is 5.91 Å². The van der Waals surface area contributed by atoms with Gasteiger partial charge in [-0.2, -0.15) is 0 Å². The van der Waals surface area contributed by atoms with Gasteiger partial charge in [-0.15, -0.1) is 0 Å². The molecule has 0 aromatic rings. The fourth-order valence-corrected chi connectivity index (χ4v) is 6.26. The van der Waals surface area contributed by atoms with Crippen LogP contribution in [0.3, 0.4) is 0 Å². The molecule has 134 valence electrons. The highest BCUT2D eigenvalue weighted by molar-refractivity contribution is 5.83. The molecule has 1 heterocycles. The van der Waals surface area contributed by atoms with E-state index in [0.717, 1.165) is 69.5 Å². The van der Waals surface area contributed by atoms with Crippen LogP contribution in [0.2, 0.25) is 0 Å². The maximum Gasteiger partial charge on any atom is 0.409 e. The van der Waals surface area contributed by atoms with Crippen LogP contribution in [0.4, 0.5) is 4.79 Å². The molecule has 4 saturated carbocycles. The Bertz CT molecular complexity index is 475. The Morgan fingerprint density at radius 1 is 1.04 bits per heavy atom. The van der Waals surface area contributed by atoms with Crippen LogP contribution in [0, 0.1) is 29.1 Å². The van der Waals surface area contributed by atoms with Crippen molar-refractivity contribution in [3.63, 3.8) is 0 Å². The van der Waals surface area contributed by atoms with Gasteiger partial charge in [0.25, 0.3) is 0 Å². The molecular weight excluding hydrogens is 304 g/mol. The maximum atomic E-state index is 13.0. The van der Waals surface area contributed by atoms with E-state index in [1.807, 2.05) is 0 Å². The van der Waals surface area contributed by atoms with E-state index < -0.39 is 0 Å². The van der Waals surface area contributed by atoms with E-state index in [1.165, 1.54) is 26.4 Å². The fraction of sp³-hybridized carbons (Fsp3) is 0.895. The lowest BCUT2D eigenvalue weighted by Gasteiger charge is -2.55. The van der Waals surface area contributed by atoms with Gasteiger partial charge in [0.1, 0.15) is 0 Å². The normalized spacial score (nSPS) is 38.2. The lowest BCUT2D eigenvalue weighted by molar-refractivity contribution is -0.146. The number of carbonyl (C=O) groups excluding carboxylic acids is 2. The molecule has 24 heavy (non-hydrogen) atoms. The smallest absolute Gasteiger partial charge is 0.409 e. The van der Waals surface area contributed by atoms with E-state index in [2.05, 4.69) is 5.32 Å². The van der Waals surface area contributed by atoms with Gasteiger partial charge in [0, 0.05) is 25.0 Å². The first-order valence-electron chi connectivity index (χ1n) is 9.69. The molecule has 0 atom stereocenters. The van der Waals surface area contributed by atoms with Crippen molar-refractivity contribution in [2.45, 2.75) is 51.4 Å². The molecule has 0 aromatic heterocycles. The number of likely N-dealkylation sites (tertiary alicyclic amines) is 1. The molecular formula is C19H30N2O3. The summed E-state index contributed by atoms with van der Waals surface area (Å²) in [6.45, 7) is 2.25. The minimum Gasteiger partial charge on any atom is -0.453 e. The van der Waals surface area contributed by atoms with Gasteiger partial charge in [-0.3, -0.25) is 4.79 Å².